The van der Waals surface area contributed by atoms with Crippen LogP contribution in [0.4, 0.5) is 0 Å². The molecule has 0 heterocycles. The number of nitrogens with zero attached hydrogens (tertiary/aromatic N) is 1. The molecule has 1 aliphatic carbocycles. The maximum atomic E-state index is 9.29. The second-order valence-corrected chi connectivity index (χ2v) is 6.63. The van der Waals surface area contributed by atoms with Gasteiger partial charge in [0.25, 0.3) is 0 Å². The van der Waals surface area contributed by atoms with Gasteiger partial charge in [-0.2, -0.15) is 0 Å². The minimum atomic E-state index is 0.0878. The van der Waals surface area contributed by atoms with Crippen molar-refractivity contribution in [2.45, 2.75) is 44.9 Å². The van der Waals surface area contributed by atoms with Crippen molar-refractivity contribution in [2.24, 2.45) is 0 Å². The lowest BCUT2D eigenvalue weighted by molar-refractivity contribution is 0.152. The minimum absolute atomic E-state index is 0.0878. The highest BCUT2D eigenvalue weighted by atomic mass is 16.3. The number of aliphatic hydroxyl groups is 2. The van der Waals surface area contributed by atoms with Crippen LogP contribution in [0, 0.1) is 0 Å². The summed E-state index contributed by atoms with van der Waals surface area (Å²) in [5.41, 5.74) is 5.13. The van der Waals surface area contributed by atoms with Gasteiger partial charge in [0.15, 0.2) is 0 Å². The van der Waals surface area contributed by atoms with Crippen molar-refractivity contribution in [3.05, 3.63) is 70.8 Å². The average molecular weight is 325 g/mol. The Morgan fingerprint density at radius 3 is 2.46 bits per heavy atom. The van der Waals surface area contributed by atoms with Crippen LogP contribution in [0.2, 0.25) is 0 Å². The summed E-state index contributed by atoms with van der Waals surface area (Å²) in [5.74, 6) is 0. The Kier molecular flexibility index (Phi) is 6.02. The predicted molar refractivity (Wildman–Crippen MR) is 96.6 cm³/mol. The van der Waals surface area contributed by atoms with E-state index in [2.05, 4.69) is 41.3 Å². The van der Waals surface area contributed by atoms with Crippen LogP contribution in [-0.4, -0.2) is 28.3 Å². The van der Waals surface area contributed by atoms with E-state index in [0.717, 1.165) is 25.1 Å². The molecule has 0 bridgehead atoms. The van der Waals surface area contributed by atoms with Crippen molar-refractivity contribution in [2.75, 3.05) is 13.2 Å². The van der Waals surface area contributed by atoms with Gasteiger partial charge in [0.1, 0.15) is 0 Å². The molecule has 2 aromatic rings. The number of rotatable bonds is 7. The van der Waals surface area contributed by atoms with Crippen LogP contribution in [-0.2, 0) is 19.6 Å². The Balaban J connectivity index is 1.81. The molecule has 0 aromatic heterocycles. The maximum Gasteiger partial charge on any atom is 0.0681 e. The molecule has 3 nitrogen and oxygen atoms in total. The molecule has 0 fully saturated rings. The lowest BCUT2D eigenvalue weighted by Crippen LogP contribution is -2.32. The SMILES string of the molecule is OCCCN(Cc1ccc(CO)cc1)C1CCCc2ccccc21. The fourth-order valence-corrected chi connectivity index (χ4v) is 3.71. The molecule has 2 aromatic carbocycles. The Morgan fingerprint density at radius 2 is 1.71 bits per heavy atom. The third-order valence-electron chi connectivity index (χ3n) is 4.97. The molecule has 0 saturated heterocycles. The lowest BCUT2D eigenvalue weighted by Gasteiger charge is -2.36. The Labute approximate surface area is 144 Å². The van der Waals surface area contributed by atoms with Gasteiger partial charge in [0.2, 0.25) is 0 Å². The summed E-state index contributed by atoms with van der Waals surface area (Å²) in [4.78, 5) is 2.50. The molecule has 0 spiro atoms. The van der Waals surface area contributed by atoms with Crippen LogP contribution < -0.4 is 0 Å². The first-order valence-electron chi connectivity index (χ1n) is 8.93. The Hall–Kier alpha value is -1.68. The molecule has 1 unspecified atom stereocenters. The monoisotopic (exact) mass is 325 g/mol. The van der Waals surface area contributed by atoms with Crippen LogP contribution in [0.5, 0.6) is 0 Å². The smallest absolute Gasteiger partial charge is 0.0681 e. The zero-order chi connectivity index (χ0) is 16.8. The zero-order valence-corrected chi connectivity index (χ0v) is 14.2. The van der Waals surface area contributed by atoms with Gasteiger partial charge in [-0.3, -0.25) is 4.90 Å². The van der Waals surface area contributed by atoms with E-state index in [1.54, 1.807) is 0 Å². The highest BCUT2D eigenvalue weighted by molar-refractivity contribution is 5.32. The average Bonchev–Trinajstić information content (AvgIpc) is 2.65. The molecule has 3 heteroatoms. The number of aryl methyl sites for hydroxylation is 1. The van der Waals surface area contributed by atoms with Crippen LogP contribution >= 0.6 is 0 Å². The van der Waals surface area contributed by atoms with Crippen molar-refractivity contribution in [1.82, 2.24) is 4.90 Å². The molecule has 128 valence electrons. The molecular weight excluding hydrogens is 298 g/mol. The summed E-state index contributed by atoms with van der Waals surface area (Å²) in [7, 11) is 0. The number of hydrogen-bond donors (Lipinski definition) is 2. The quantitative estimate of drug-likeness (QED) is 0.819. The predicted octanol–water partition coefficient (Wildman–Crippen LogP) is 3.44. The highest BCUT2D eigenvalue weighted by Crippen LogP contribution is 2.35. The van der Waals surface area contributed by atoms with Gasteiger partial charge in [-0.05, 0) is 47.9 Å². The van der Waals surface area contributed by atoms with Gasteiger partial charge < -0.3 is 10.2 Å². The Bertz CT molecular complexity index is 639. The van der Waals surface area contributed by atoms with Crippen LogP contribution in [0.1, 0.15) is 47.6 Å². The number of benzene rings is 2. The van der Waals surface area contributed by atoms with Gasteiger partial charge in [0.05, 0.1) is 6.61 Å². The maximum absolute atomic E-state index is 9.29. The second kappa shape index (κ2) is 8.43. The second-order valence-electron chi connectivity index (χ2n) is 6.63. The molecule has 2 N–H and O–H groups in total. The summed E-state index contributed by atoms with van der Waals surface area (Å²) in [6, 6.07) is 17.4. The van der Waals surface area contributed by atoms with Crippen LogP contribution in [0.3, 0.4) is 0 Å². The summed E-state index contributed by atoms with van der Waals surface area (Å²) in [6.45, 7) is 2.10. The fourth-order valence-electron chi connectivity index (χ4n) is 3.71. The van der Waals surface area contributed by atoms with Crippen molar-refractivity contribution in [1.29, 1.82) is 0 Å². The molecule has 0 radical (unpaired) electrons. The van der Waals surface area contributed by atoms with Crippen molar-refractivity contribution in [3.63, 3.8) is 0 Å². The van der Waals surface area contributed by atoms with Gasteiger partial charge in [0, 0.05) is 25.7 Å². The molecular formula is C21H27NO2. The topological polar surface area (TPSA) is 43.7 Å². The van der Waals surface area contributed by atoms with E-state index < -0.39 is 0 Å². The van der Waals surface area contributed by atoms with Gasteiger partial charge in [-0.1, -0.05) is 48.5 Å². The number of aliphatic hydroxyl groups excluding tert-OH is 2. The molecule has 0 aliphatic heterocycles. The van der Waals surface area contributed by atoms with E-state index in [0.29, 0.717) is 6.04 Å². The molecule has 0 amide bonds. The third-order valence-corrected chi connectivity index (χ3v) is 4.97. The largest absolute Gasteiger partial charge is 0.396 e. The van der Waals surface area contributed by atoms with Crippen LogP contribution in [0.25, 0.3) is 0 Å². The number of hydrogen-bond acceptors (Lipinski definition) is 3. The van der Waals surface area contributed by atoms with E-state index in [1.165, 1.54) is 36.0 Å². The first-order chi connectivity index (χ1) is 11.8. The summed E-state index contributed by atoms with van der Waals surface area (Å²) >= 11 is 0. The van der Waals surface area contributed by atoms with Crippen molar-refractivity contribution < 1.29 is 10.2 Å². The first kappa shape index (κ1) is 17.2. The Morgan fingerprint density at radius 1 is 0.958 bits per heavy atom. The zero-order valence-electron chi connectivity index (χ0n) is 14.2. The van der Waals surface area contributed by atoms with Gasteiger partial charge >= 0.3 is 0 Å². The molecule has 1 aliphatic rings. The van der Waals surface area contributed by atoms with E-state index in [-0.39, 0.29) is 13.2 Å². The van der Waals surface area contributed by atoms with E-state index in [1.807, 2.05) is 12.1 Å². The standard InChI is InChI=1S/C21H27NO2/c23-14-4-13-22(15-17-9-11-18(16-24)12-10-17)21-8-3-6-19-5-1-2-7-20(19)21/h1-2,5,7,9-12,21,23-24H,3-4,6,8,13-16H2. The summed E-state index contributed by atoms with van der Waals surface area (Å²) in [5, 5.41) is 18.5. The van der Waals surface area contributed by atoms with E-state index in [4.69, 9.17) is 0 Å². The molecule has 24 heavy (non-hydrogen) atoms. The highest BCUT2D eigenvalue weighted by Gasteiger charge is 2.25. The van der Waals surface area contributed by atoms with E-state index >= 15 is 0 Å². The number of fused-ring (bicyclic) bond motifs is 1. The normalized spacial score (nSPS) is 17.0. The minimum Gasteiger partial charge on any atom is -0.396 e. The van der Waals surface area contributed by atoms with Crippen molar-refractivity contribution in [3.8, 4) is 0 Å². The van der Waals surface area contributed by atoms with Crippen molar-refractivity contribution >= 4 is 0 Å². The summed E-state index contributed by atoms with van der Waals surface area (Å²) < 4.78 is 0. The van der Waals surface area contributed by atoms with Gasteiger partial charge in [-0.25, -0.2) is 0 Å². The fraction of sp³-hybridized carbons (Fsp3) is 0.429. The first-order valence-corrected chi connectivity index (χ1v) is 8.93. The lowest BCUT2D eigenvalue weighted by atomic mass is 9.86. The van der Waals surface area contributed by atoms with Gasteiger partial charge in [-0.15, -0.1) is 0 Å². The molecule has 0 saturated carbocycles. The molecule has 3 rings (SSSR count). The van der Waals surface area contributed by atoms with E-state index in [9.17, 15) is 10.2 Å². The third kappa shape index (κ3) is 4.04. The van der Waals surface area contributed by atoms with Crippen LogP contribution in [0.15, 0.2) is 48.5 Å². The molecule has 1 atom stereocenters. The summed E-state index contributed by atoms with van der Waals surface area (Å²) in [6.07, 6.45) is 4.37.